The van der Waals surface area contributed by atoms with Gasteiger partial charge in [-0.05, 0) is 99.0 Å². The Morgan fingerprint density at radius 3 is 2.19 bits per heavy atom. The minimum Gasteiger partial charge on any atom is -0.459 e. The largest absolute Gasteiger partial charge is 0.459 e. The normalized spacial score (nSPS) is 21.1. The molecule has 332 valence electrons. The summed E-state index contributed by atoms with van der Waals surface area (Å²) >= 11 is 0. The molecule has 6 atom stereocenters. The number of hydrogen-bond acceptors (Lipinski definition) is 9. The van der Waals surface area contributed by atoms with Crippen molar-refractivity contribution in [1.82, 2.24) is 14.9 Å². The van der Waals surface area contributed by atoms with E-state index < -0.39 is 33.9 Å². The van der Waals surface area contributed by atoms with E-state index in [4.69, 9.17) is 14.2 Å². The minimum absolute atomic E-state index is 0.0522. The number of sulfonamides is 1. The van der Waals surface area contributed by atoms with E-state index in [-0.39, 0.29) is 54.6 Å². The van der Waals surface area contributed by atoms with Gasteiger partial charge in [-0.15, -0.1) is 0 Å². The number of benzene rings is 5. The lowest BCUT2D eigenvalue weighted by Gasteiger charge is -2.43. The summed E-state index contributed by atoms with van der Waals surface area (Å²) in [6.07, 6.45) is 0.499. The number of carbonyl (C=O) groups is 2. The third-order valence-corrected chi connectivity index (χ3v) is 13.3. The van der Waals surface area contributed by atoms with Crippen molar-refractivity contribution in [2.75, 3.05) is 13.1 Å². The monoisotopic (exact) mass is 873 g/mol. The Bertz CT molecular complexity index is 2420. The summed E-state index contributed by atoms with van der Waals surface area (Å²) in [7, 11) is -4.00. The van der Waals surface area contributed by atoms with E-state index in [0.717, 1.165) is 63.9 Å². The van der Waals surface area contributed by atoms with Crippen LogP contribution in [0.3, 0.4) is 0 Å². The molecule has 2 fully saturated rings. The number of likely N-dealkylation sites (tertiary alicyclic amines) is 1. The molecule has 0 bridgehead atoms. The van der Waals surface area contributed by atoms with Gasteiger partial charge in [-0.1, -0.05) is 128 Å². The summed E-state index contributed by atoms with van der Waals surface area (Å²) in [5.41, 5.74) is 6.47. The van der Waals surface area contributed by atoms with Gasteiger partial charge in [-0.25, -0.2) is 8.42 Å². The molecule has 2 aliphatic heterocycles. The maximum Gasteiger partial charge on any atom is 0.323 e. The van der Waals surface area contributed by atoms with E-state index in [1.54, 1.807) is 12.1 Å². The van der Waals surface area contributed by atoms with E-state index in [0.29, 0.717) is 6.54 Å². The van der Waals surface area contributed by atoms with Crippen LogP contribution in [0, 0.1) is 12.8 Å². The molecule has 0 aliphatic carbocycles. The molecule has 0 saturated carbocycles. The van der Waals surface area contributed by atoms with E-state index >= 15 is 0 Å². The van der Waals surface area contributed by atoms with Gasteiger partial charge in [0.25, 0.3) is 0 Å². The average molecular weight is 874 g/mol. The van der Waals surface area contributed by atoms with Crippen LogP contribution < -0.4 is 10.0 Å². The number of hydrogen-bond donors (Lipinski definition) is 3. The first-order valence-electron chi connectivity index (χ1n) is 21.7. The first-order chi connectivity index (χ1) is 30.2. The molecule has 0 radical (unpaired) electrons. The summed E-state index contributed by atoms with van der Waals surface area (Å²) in [4.78, 5) is 29.4. The highest BCUT2D eigenvalue weighted by molar-refractivity contribution is 7.89. The second-order valence-corrected chi connectivity index (χ2v) is 19.4. The molecular weight excluding hydrogens is 815 g/mol. The number of rotatable bonds is 15. The molecule has 0 aromatic heterocycles. The number of nitrogens with one attached hydrogen (secondary N) is 2. The molecular formula is C51H59N3O8S. The van der Waals surface area contributed by atoms with Gasteiger partial charge in [-0.2, -0.15) is 4.72 Å². The van der Waals surface area contributed by atoms with Crippen molar-refractivity contribution in [3.63, 3.8) is 0 Å². The van der Waals surface area contributed by atoms with Crippen LogP contribution in [0.2, 0.25) is 0 Å². The Balaban J connectivity index is 1.09. The van der Waals surface area contributed by atoms with Crippen molar-refractivity contribution in [2.24, 2.45) is 5.92 Å². The molecule has 0 unspecified atom stereocenters. The highest BCUT2D eigenvalue weighted by atomic mass is 32.2. The summed E-state index contributed by atoms with van der Waals surface area (Å²) < 4.78 is 49.0. The molecule has 12 heteroatoms. The van der Waals surface area contributed by atoms with Crippen molar-refractivity contribution in [3.8, 4) is 11.1 Å². The highest BCUT2D eigenvalue weighted by Gasteiger charge is 2.42. The second kappa shape index (κ2) is 20.1. The van der Waals surface area contributed by atoms with Gasteiger partial charge in [0.15, 0.2) is 6.29 Å². The lowest BCUT2D eigenvalue weighted by Crippen LogP contribution is -2.48. The minimum atomic E-state index is -4.00. The Hall–Kier alpha value is -5.21. The van der Waals surface area contributed by atoms with Gasteiger partial charge >= 0.3 is 5.97 Å². The lowest BCUT2D eigenvalue weighted by molar-refractivity contribution is -0.276. The number of esters is 1. The standard InChI is InChI=1S/C51H59N3O8S/c1-34-17-27-42(28-18-34)63(58,59)53-44(30-36-12-7-6-8-13-36)48(56)52-31-41-14-9-10-15-43(41)38-23-25-40(26-24-38)50-60-46(32-54-29-11-16-45(54)49(57)62-51(3,4)5)35(2)47(61-50)39-21-19-37(33-55)20-22-39/h6-10,12-15,17-28,35,44-47,50,53,55H,11,16,29-33H2,1-5H3,(H,52,56)/t35-,44-,45+,46+,47+,50+/m1/s1. The maximum atomic E-state index is 13.9. The number of amides is 1. The van der Waals surface area contributed by atoms with Crippen molar-refractivity contribution in [1.29, 1.82) is 0 Å². The molecule has 5 aromatic rings. The van der Waals surface area contributed by atoms with Gasteiger partial charge in [-0.3, -0.25) is 14.5 Å². The fraction of sp³-hybridized carbons (Fsp3) is 0.373. The van der Waals surface area contributed by atoms with Gasteiger partial charge in [0.1, 0.15) is 17.7 Å². The number of aliphatic hydroxyl groups is 1. The number of nitrogens with zero attached hydrogens (tertiary/aromatic N) is 1. The Morgan fingerprint density at radius 2 is 1.51 bits per heavy atom. The fourth-order valence-electron chi connectivity index (χ4n) is 8.33. The molecule has 11 nitrogen and oxygen atoms in total. The van der Waals surface area contributed by atoms with Gasteiger partial charge in [0, 0.05) is 24.6 Å². The highest BCUT2D eigenvalue weighted by Crippen LogP contribution is 2.43. The molecule has 7 rings (SSSR count). The van der Waals surface area contributed by atoms with Crippen LogP contribution in [-0.2, 0) is 53.4 Å². The summed E-state index contributed by atoms with van der Waals surface area (Å²) in [5.74, 6) is -0.716. The Kier molecular flexibility index (Phi) is 14.6. The van der Waals surface area contributed by atoms with Crippen molar-refractivity contribution >= 4 is 21.9 Å². The second-order valence-electron chi connectivity index (χ2n) is 17.7. The van der Waals surface area contributed by atoms with Crippen LogP contribution in [0.1, 0.15) is 86.3 Å². The lowest BCUT2D eigenvalue weighted by atomic mass is 9.89. The van der Waals surface area contributed by atoms with E-state index in [9.17, 15) is 23.1 Å². The van der Waals surface area contributed by atoms with Crippen LogP contribution in [0.25, 0.3) is 11.1 Å². The van der Waals surface area contributed by atoms with E-state index in [2.05, 4.69) is 21.9 Å². The van der Waals surface area contributed by atoms with E-state index in [1.807, 2.05) is 131 Å². The first-order valence-corrected chi connectivity index (χ1v) is 23.2. The Labute approximate surface area is 371 Å². The molecule has 1 amide bonds. The van der Waals surface area contributed by atoms with Crippen molar-refractivity contribution in [3.05, 3.63) is 161 Å². The quantitative estimate of drug-likeness (QED) is 0.0894. The molecule has 2 aliphatic rings. The molecule has 5 aromatic carbocycles. The van der Waals surface area contributed by atoms with Crippen LogP contribution in [0.15, 0.2) is 132 Å². The molecule has 63 heavy (non-hydrogen) atoms. The molecule has 2 saturated heterocycles. The third-order valence-electron chi connectivity index (χ3n) is 11.8. The zero-order valence-electron chi connectivity index (χ0n) is 36.7. The molecule has 0 spiro atoms. The van der Waals surface area contributed by atoms with Gasteiger partial charge in [0.05, 0.1) is 23.7 Å². The third kappa shape index (κ3) is 11.7. The Morgan fingerprint density at radius 1 is 0.841 bits per heavy atom. The van der Waals surface area contributed by atoms with E-state index in [1.165, 1.54) is 12.1 Å². The SMILES string of the molecule is Cc1ccc(S(=O)(=O)N[C@H](Cc2ccccc2)C(=O)NCc2ccccc2-c2ccc([C@H]3O[C@@H](CN4CCC[C@H]4C(=O)OC(C)(C)C)[C@@H](C)[C@@H](c4ccc(CO)cc4)O3)cc2)cc1. The maximum absolute atomic E-state index is 13.9. The number of ether oxygens (including phenoxy) is 3. The number of aliphatic hydroxyl groups excluding tert-OH is 1. The molecule has 2 heterocycles. The predicted molar refractivity (Wildman–Crippen MR) is 243 cm³/mol. The van der Waals surface area contributed by atoms with Crippen molar-refractivity contribution < 1.29 is 37.3 Å². The number of carbonyl (C=O) groups excluding carboxylic acids is 2. The zero-order chi connectivity index (χ0) is 44.7. The molecule has 3 N–H and O–H groups in total. The van der Waals surface area contributed by atoms with Gasteiger partial charge < -0.3 is 24.6 Å². The summed E-state index contributed by atoms with van der Waals surface area (Å²) in [6, 6.07) is 38.1. The average Bonchev–Trinajstić information content (AvgIpc) is 3.74. The van der Waals surface area contributed by atoms with Crippen LogP contribution >= 0.6 is 0 Å². The predicted octanol–water partition coefficient (Wildman–Crippen LogP) is 7.96. The van der Waals surface area contributed by atoms with Crippen LogP contribution in [0.4, 0.5) is 0 Å². The van der Waals surface area contributed by atoms with Crippen molar-refractivity contribution in [2.45, 2.75) is 108 Å². The smallest absolute Gasteiger partial charge is 0.323 e. The first kappa shape index (κ1) is 45.8. The fourth-order valence-corrected chi connectivity index (χ4v) is 9.53. The van der Waals surface area contributed by atoms with Crippen LogP contribution in [-0.4, -0.2) is 67.2 Å². The summed E-state index contributed by atoms with van der Waals surface area (Å²) in [5, 5.41) is 12.7. The summed E-state index contributed by atoms with van der Waals surface area (Å²) in [6.45, 7) is 11.1. The topological polar surface area (TPSA) is 144 Å². The zero-order valence-corrected chi connectivity index (χ0v) is 37.5. The number of aryl methyl sites for hydroxylation is 1. The van der Waals surface area contributed by atoms with Gasteiger partial charge in [0.2, 0.25) is 15.9 Å². The van der Waals surface area contributed by atoms with Crippen LogP contribution in [0.5, 0.6) is 0 Å².